The summed E-state index contributed by atoms with van der Waals surface area (Å²) in [5, 5.41) is 19.1. The maximum absolute atomic E-state index is 12.9. The van der Waals surface area contributed by atoms with Crippen molar-refractivity contribution in [3.63, 3.8) is 0 Å². The van der Waals surface area contributed by atoms with Gasteiger partial charge in [-0.05, 0) is 43.2 Å². The molecule has 2 heterocycles. The highest BCUT2D eigenvalue weighted by Gasteiger charge is 2.35. The van der Waals surface area contributed by atoms with Gasteiger partial charge in [-0.3, -0.25) is 0 Å². The van der Waals surface area contributed by atoms with Crippen LogP contribution in [0.15, 0.2) is 58.9 Å². The van der Waals surface area contributed by atoms with E-state index >= 15 is 0 Å². The van der Waals surface area contributed by atoms with Crippen molar-refractivity contribution in [2.24, 2.45) is 0 Å². The van der Waals surface area contributed by atoms with Gasteiger partial charge >= 0.3 is 5.97 Å². The molecule has 0 saturated carbocycles. The molecule has 2 aromatic carbocycles. The molecule has 0 aliphatic carbocycles. The number of carbonyl (C=O) groups is 1. The Hall–Kier alpha value is -3.17. The van der Waals surface area contributed by atoms with Gasteiger partial charge < -0.3 is 19.9 Å². The second-order valence-corrected chi connectivity index (χ2v) is 8.61. The molecule has 0 spiro atoms. The normalized spacial score (nSPS) is 15.1. The number of phenolic OH excluding ortho intramolecular Hbond substituents is 1. The predicted molar refractivity (Wildman–Crippen MR) is 127 cm³/mol. The number of aromatic nitrogens is 3. The number of benzene rings is 2. The molecule has 1 aromatic heterocycles. The van der Waals surface area contributed by atoms with Crippen molar-refractivity contribution >= 4 is 35.3 Å². The van der Waals surface area contributed by atoms with E-state index in [1.165, 1.54) is 24.9 Å². The largest absolute Gasteiger partial charge is 0.504 e. The Labute approximate surface area is 200 Å². The molecule has 1 aliphatic rings. The van der Waals surface area contributed by atoms with Crippen LogP contribution in [-0.2, 0) is 15.3 Å². The Balaban J connectivity index is 1.73. The highest BCUT2D eigenvalue weighted by Crippen LogP contribution is 2.39. The van der Waals surface area contributed by atoms with Crippen molar-refractivity contribution in [2.45, 2.75) is 30.8 Å². The standard InChI is InChI=1S/C23H23ClN4O4S/c1-4-32-21(30)19-13(2)25-22-26-23(33-12-15-7-5-6-8-16(15)24)27-28(22)20(19)14-9-10-17(29)18(11-14)31-3/h5-11,20,29H,4,12H2,1-3H3,(H,25,26,27). The van der Waals surface area contributed by atoms with Crippen LogP contribution in [0.4, 0.5) is 5.95 Å². The van der Waals surface area contributed by atoms with Gasteiger partial charge in [-0.2, -0.15) is 4.98 Å². The highest BCUT2D eigenvalue weighted by atomic mass is 35.5. The molecule has 0 saturated heterocycles. The van der Waals surface area contributed by atoms with Gasteiger partial charge in [0.25, 0.3) is 0 Å². The summed E-state index contributed by atoms with van der Waals surface area (Å²) >= 11 is 7.72. The first-order chi connectivity index (χ1) is 15.9. The summed E-state index contributed by atoms with van der Waals surface area (Å²) in [5.74, 6) is 0.938. The molecular formula is C23H23ClN4O4S. The minimum atomic E-state index is -0.614. The lowest BCUT2D eigenvalue weighted by Gasteiger charge is -2.28. The molecule has 172 valence electrons. The van der Waals surface area contributed by atoms with Crippen LogP contribution in [0, 0.1) is 0 Å². The van der Waals surface area contributed by atoms with E-state index in [-0.39, 0.29) is 12.4 Å². The number of rotatable bonds is 7. The Morgan fingerprint density at radius 1 is 1.30 bits per heavy atom. The van der Waals surface area contributed by atoms with Crippen molar-refractivity contribution in [1.82, 2.24) is 14.8 Å². The van der Waals surface area contributed by atoms with E-state index in [0.717, 1.165) is 5.56 Å². The lowest BCUT2D eigenvalue weighted by atomic mass is 9.95. The van der Waals surface area contributed by atoms with Gasteiger partial charge in [-0.15, -0.1) is 5.10 Å². The number of ether oxygens (including phenoxy) is 2. The van der Waals surface area contributed by atoms with Crippen molar-refractivity contribution in [2.75, 3.05) is 19.0 Å². The van der Waals surface area contributed by atoms with E-state index in [0.29, 0.717) is 44.5 Å². The van der Waals surface area contributed by atoms with Crippen molar-refractivity contribution in [1.29, 1.82) is 0 Å². The number of aromatic hydroxyl groups is 1. The molecule has 33 heavy (non-hydrogen) atoms. The number of anilines is 1. The van der Waals surface area contributed by atoms with E-state index in [2.05, 4.69) is 15.4 Å². The number of thioether (sulfide) groups is 1. The summed E-state index contributed by atoms with van der Waals surface area (Å²) in [5.41, 5.74) is 2.70. The number of fused-ring (bicyclic) bond motifs is 1. The fraction of sp³-hybridized carbons (Fsp3) is 0.261. The summed E-state index contributed by atoms with van der Waals surface area (Å²) in [6.07, 6.45) is 0. The molecule has 1 aliphatic heterocycles. The Morgan fingerprint density at radius 2 is 2.09 bits per heavy atom. The number of hydrogen-bond acceptors (Lipinski definition) is 8. The maximum atomic E-state index is 12.9. The summed E-state index contributed by atoms with van der Waals surface area (Å²) < 4.78 is 12.3. The van der Waals surface area contributed by atoms with Crippen molar-refractivity contribution in [3.05, 3.63) is 69.9 Å². The minimum absolute atomic E-state index is 0.00312. The third-order valence-corrected chi connectivity index (χ3v) is 6.42. The zero-order valence-corrected chi connectivity index (χ0v) is 19.9. The average molecular weight is 487 g/mol. The second kappa shape index (κ2) is 9.76. The number of nitrogens with one attached hydrogen (secondary N) is 1. The first kappa shape index (κ1) is 23.0. The second-order valence-electron chi connectivity index (χ2n) is 7.26. The number of allylic oxidation sites excluding steroid dienone is 1. The number of nitrogens with zero attached hydrogens (tertiary/aromatic N) is 3. The molecule has 0 fully saturated rings. The van der Waals surface area contributed by atoms with E-state index < -0.39 is 12.0 Å². The van der Waals surface area contributed by atoms with Crippen LogP contribution in [0.5, 0.6) is 11.5 Å². The van der Waals surface area contributed by atoms with Gasteiger partial charge in [0, 0.05) is 16.5 Å². The van der Waals surface area contributed by atoms with E-state index in [4.69, 9.17) is 21.1 Å². The molecule has 10 heteroatoms. The molecule has 0 radical (unpaired) electrons. The molecule has 2 N–H and O–H groups in total. The monoisotopic (exact) mass is 486 g/mol. The van der Waals surface area contributed by atoms with Crippen LogP contribution in [0.25, 0.3) is 0 Å². The van der Waals surface area contributed by atoms with Crippen LogP contribution in [-0.4, -0.2) is 39.6 Å². The minimum Gasteiger partial charge on any atom is -0.504 e. The van der Waals surface area contributed by atoms with Crippen LogP contribution in [0.1, 0.15) is 31.0 Å². The fourth-order valence-corrected chi connectivity index (χ4v) is 4.71. The molecule has 0 amide bonds. The summed E-state index contributed by atoms with van der Waals surface area (Å²) in [6.45, 7) is 3.79. The Bertz CT molecular complexity index is 1230. The molecule has 1 unspecified atom stereocenters. The first-order valence-corrected chi connectivity index (χ1v) is 11.6. The van der Waals surface area contributed by atoms with Crippen LogP contribution in [0.3, 0.4) is 0 Å². The van der Waals surface area contributed by atoms with E-state index in [9.17, 15) is 9.90 Å². The molecule has 1 atom stereocenters. The summed E-state index contributed by atoms with van der Waals surface area (Å²) in [4.78, 5) is 17.5. The highest BCUT2D eigenvalue weighted by molar-refractivity contribution is 7.98. The number of phenols is 1. The number of methoxy groups -OCH3 is 1. The van der Waals surface area contributed by atoms with Crippen LogP contribution >= 0.6 is 23.4 Å². The fourth-order valence-electron chi connectivity index (χ4n) is 3.60. The predicted octanol–water partition coefficient (Wildman–Crippen LogP) is 4.79. The zero-order chi connectivity index (χ0) is 23.5. The van der Waals surface area contributed by atoms with Crippen molar-refractivity contribution < 1.29 is 19.4 Å². The zero-order valence-electron chi connectivity index (χ0n) is 18.3. The first-order valence-electron chi connectivity index (χ1n) is 10.3. The lowest BCUT2D eigenvalue weighted by molar-refractivity contribution is -0.139. The van der Waals surface area contributed by atoms with E-state index in [1.54, 1.807) is 30.7 Å². The molecule has 4 rings (SSSR count). The number of esters is 1. The maximum Gasteiger partial charge on any atom is 0.338 e. The van der Waals surface area contributed by atoms with E-state index in [1.807, 2.05) is 24.3 Å². The van der Waals surface area contributed by atoms with Gasteiger partial charge in [0.15, 0.2) is 11.5 Å². The summed E-state index contributed by atoms with van der Waals surface area (Å²) in [6, 6.07) is 11.9. The topological polar surface area (TPSA) is 98.5 Å². The number of hydrogen-bond donors (Lipinski definition) is 2. The molecule has 8 nitrogen and oxygen atoms in total. The smallest absolute Gasteiger partial charge is 0.338 e. The third kappa shape index (κ3) is 4.65. The molecule has 0 bridgehead atoms. The Morgan fingerprint density at radius 3 is 2.82 bits per heavy atom. The van der Waals surface area contributed by atoms with Gasteiger partial charge in [0.2, 0.25) is 11.1 Å². The number of carbonyl (C=O) groups excluding carboxylic acids is 1. The van der Waals surface area contributed by atoms with Crippen LogP contribution in [0.2, 0.25) is 5.02 Å². The summed E-state index contributed by atoms with van der Waals surface area (Å²) in [7, 11) is 1.47. The molecular weight excluding hydrogens is 464 g/mol. The van der Waals surface area contributed by atoms with Gasteiger partial charge in [0.1, 0.15) is 6.04 Å². The SMILES string of the molecule is CCOC(=O)C1=C(C)Nc2nc(SCc3ccccc3Cl)nn2C1c1ccc(O)c(OC)c1. The average Bonchev–Trinajstić information content (AvgIpc) is 3.20. The molecule has 3 aromatic rings. The third-order valence-electron chi connectivity index (χ3n) is 5.16. The van der Waals surface area contributed by atoms with Crippen LogP contribution < -0.4 is 10.1 Å². The quantitative estimate of drug-likeness (QED) is 0.363. The number of halogens is 1. The van der Waals surface area contributed by atoms with Gasteiger partial charge in [-0.1, -0.05) is 47.6 Å². The lowest BCUT2D eigenvalue weighted by Crippen LogP contribution is -2.29. The van der Waals surface area contributed by atoms with Gasteiger partial charge in [0.05, 0.1) is 19.3 Å². The Kier molecular flexibility index (Phi) is 6.80. The van der Waals surface area contributed by atoms with Gasteiger partial charge in [-0.25, -0.2) is 9.48 Å². The van der Waals surface area contributed by atoms with Crippen molar-refractivity contribution in [3.8, 4) is 11.5 Å².